The lowest BCUT2D eigenvalue weighted by Gasteiger charge is -2.14. The zero-order chi connectivity index (χ0) is 30.9. The number of benzene rings is 4. The molecule has 0 saturated heterocycles. The molecule has 7 rings (SSSR count). The molecular weight excluding hydrogens is 570 g/mol. The Morgan fingerprint density at radius 3 is 1.78 bits per heavy atom. The Kier molecular flexibility index (Phi) is 7.10. The number of nitrogens with zero attached hydrogens (tertiary/aromatic N) is 7. The third-order valence-corrected chi connectivity index (χ3v) is 7.61. The Morgan fingerprint density at radius 2 is 1.18 bits per heavy atom. The van der Waals surface area contributed by atoms with Crippen LogP contribution in [0, 0.1) is 0 Å². The van der Waals surface area contributed by atoms with Crippen LogP contribution in [0.25, 0.3) is 44.6 Å². The molecule has 45 heavy (non-hydrogen) atoms. The number of aryl methyl sites for hydroxylation is 1. The second-order valence-corrected chi connectivity index (χ2v) is 10.7. The first kappa shape index (κ1) is 27.7. The van der Waals surface area contributed by atoms with Gasteiger partial charge in [-0.15, -0.1) is 5.10 Å². The summed E-state index contributed by atoms with van der Waals surface area (Å²) in [7, 11) is 0. The molecule has 0 radical (unpaired) electrons. The summed E-state index contributed by atoms with van der Waals surface area (Å²) in [5.41, 5.74) is 2.54. The average molecular weight is 598 g/mol. The summed E-state index contributed by atoms with van der Waals surface area (Å²) < 4.78 is 4.83. The molecule has 0 fully saturated rings. The van der Waals surface area contributed by atoms with Crippen LogP contribution < -0.4 is 11.1 Å². The van der Waals surface area contributed by atoms with Crippen molar-refractivity contribution in [1.29, 1.82) is 0 Å². The SMILES string of the molecule is O=c1c2ccccc2nc(-c2cccc(O)c2)n1CCCn1cc(Cn2c(-c3cccc(O)c3)nc3ccccc3c2=O)nn1. The monoisotopic (exact) mass is 597 g/mol. The quantitative estimate of drug-likeness (QED) is 0.259. The van der Waals surface area contributed by atoms with Crippen molar-refractivity contribution in [2.45, 2.75) is 26.1 Å². The highest BCUT2D eigenvalue weighted by Gasteiger charge is 2.16. The minimum absolute atomic E-state index is 0.0698. The van der Waals surface area contributed by atoms with Crippen LogP contribution in [-0.4, -0.2) is 44.3 Å². The second-order valence-electron chi connectivity index (χ2n) is 10.7. The van der Waals surface area contributed by atoms with E-state index in [4.69, 9.17) is 9.97 Å². The van der Waals surface area contributed by atoms with E-state index in [0.29, 0.717) is 69.8 Å². The van der Waals surface area contributed by atoms with Crippen LogP contribution >= 0.6 is 0 Å². The van der Waals surface area contributed by atoms with Gasteiger partial charge in [-0.2, -0.15) is 0 Å². The first-order valence-electron chi connectivity index (χ1n) is 14.4. The number of fused-ring (bicyclic) bond motifs is 2. The molecule has 0 unspecified atom stereocenters. The van der Waals surface area contributed by atoms with Crippen molar-refractivity contribution in [1.82, 2.24) is 34.1 Å². The fraction of sp³-hybridized carbons (Fsp3) is 0.118. The van der Waals surface area contributed by atoms with Crippen LogP contribution in [0.1, 0.15) is 12.1 Å². The van der Waals surface area contributed by atoms with Gasteiger partial charge >= 0.3 is 0 Å². The Balaban J connectivity index is 1.16. The molecule has 0 amide bonds. The topological polar surface area (TPSA) is 141 Å². The first-order chi connectivity index (χ1) is 21.9. The average Bonchev–Trinajstić information content (AvgIpc) is 3.50. The van der Waals surface area contributed by atoms with E-state index in [-0.39, 0.29) is 29.2 Å². The highest BCUT2D eigenvalue weighted by molar-refractivity contribution is 5.80. The van der Waals surface area contributed by atoms with Crippen LogP contribution in [0.5, 0.6) is 11.5 Å². The lowest BCUT2D eigenvalue weighted by Crippen LogP contribution is -2.24. The lowest BCUT2D eigenvalue weighted by atomic mass is 10.1. The van der Waals surface area contributed by atoms with Crippen LogP contribution in [0.4, 0.5) is 0 Å². The number of hydrogen-bond donors (Lipinski definition) is 2. The minimum atomic E-state index is -0.226. The van der Waals surface area contributed by atoms with Gasteiger partial charge in [0.05, 0.1) is 34.5 Å². The summed E-state index contributed by atoms with van der Waals surface area (Å²) in [4.78, 5) is 36.6. The zero-order valence-electron chi connectivity index (χ0n) is 24.0. The molecule has 0 aliphatic heterocycles. The Morgan fingerprint density at radius 1 is 0.622 bits per heavy atom. The standard InChI is InChI=1S/C34H27N7O4/c42-25-10-5-8-22(18-25)31-35-29-14-3-1-12-27(29)33(44)40(31)17-7-16-39-20-24(37-38-39)21-41-32(23-9-6-11-26(43)19-23)36-30-15-4-2-13-28(30)34(41)45/h1-6,8-15,18-20,42-43H,7,16-17,21H2. The molecule has 4 aromatic carbocycles. The Hall–Kier alpha value is -6.10. The van der Waals surface area contributed by atoms with E-state index < -0.39 is 0 Å². The Labute approximate surface area is 255 Å². The van der Waals surface area contributed by atoms with E-state index in [1.807, 2.05) is 24.3 Å². The van der Waals surface area contributed by atoms with E-state index in [1.165, 1.54) is 4.57 Å². The van der Waals surface area contributed by atoms with Crippen molar-refractivity contribution in [2.75, 3.05) is 0 Å². The van der Waals surface area contributed by atoms with Crippen LogP contribution in [0.3, 0.4) is 0 Å². The van der Waals surface area contributed by atoms with Gasteiger partial charge in [-0.25, -0.2) is 9.97 Å². The second kappa shape index (κ2) is 11.5. The summed E-state index contributed by atoms with van der Waals surface area (Å²) in [6.45, 7) is 0.930. The number of para-hydroxylation sites is 2. The normalized spacial score (nSPS) is 11.4. The van der Waals surface area contributed by atoms with Crippen molar-refractivity contribution < 1.29 is 10.2 Å². The zero-order valence-corrected chi connectivity index (χ0v) is 24.0. The molecule has 0 bridgehead atoms. The summed E-state index contributed by atoms with van der Waals surface area (Å²) in [6, 6.07) is 27.7. The molecule has 0 aliphatic rings. The van der Waals surface area contributed by atoms with Crippen LogP contribution in [-0.2, 0) is 19.6 Å². The number of aromatic hydroxyl groups is 2. The molecule has 0 saturated carbocycles. The summed E-state index contributed by atoms with van der Waals surface area (Å²) >= 11 is 0. The fourth-order valence-corrected chi connectivity index (χ4v) is 5.49. The minimum Gasteiger partial charge on any atom is -0.508 e. The van der Waals surface area contributed by atoms with E-state index in [9.17, 15) is 19.8 Å². The van der Waals surface area contributed by atoms with Crippen molar-refractivity contribution in [3.63, 3.8) is 0 Å². The molecule has 0 atom stereocenters. The first-order valence-corrected chi connectivity index (χ1v) is 14.4. The number of phenolic OH excluding ortho intramolecular Hbond substituents is 2. The van der Waals surface area contributed by atoms with Crippen molar-refractivity contribution in [3.05, 3.63) is 130 Å². The molecule has 3 heterocycles. The van der Waals surface area contributed by atoms with Gasteiger partial charge in [0.1, 0.15) is 28.8 Å². The molecule has 11 nitrogen and oxygen atoms in total. The van der Waals surface area contributed by atoms with Gasteiger partial charge in [0.25, 0.3) is 11.1 Å². The highest BCUT2D eigenvalue weighted by atomic mass is 16.3. The maximum Gasteiger partial charge on any atom is 0.262 e. The molecule has 0 spiro atoms. The van der Waals surface area contributed by atoms with E-state index in [2.05, 4.69) is 10.3 Å². The molecule has 222 valence electrons. The van der Waals surface area contributed by atoms with Crippen molar-refractivity contribution in [3.8, 4) is 34.3 Å². The third kappa shape index (κ3) is 5.42. The lowest BCUT2D eigenvalue weighted by molar-refractivity contribution is 0.475. The number of aromatic nitrogens is 7. The summed E-state index contributed by atoms with van der Waals surface area (Å²) in [5.74, 6) is 1.04. The molecule has 3 aromatic heterocycles. The van der Waals surface area contributed by atoms with E-state index >= 15 is 0 Å². The molecule has 7 aromatic rings. The van der Waals surface area contributed by atoms with Gasteiger partial charge in [-0.3, -0.25) is 23.4 Å². The fourth-order valence-electron chi connectivity index (χ4n) is 5.49. The number of rotatable bonds is 8. The number of phenols is 2. The molecule has 0 aliphatic carbocycles. The van der Waals surface area contributed by atoms with Crippen LogP contribution in [0.15, 0.2) is 113 Å². The predicted octanol–water partition coefficient (Wildman–Crippen LogP) is 4.58. The summed E-state index contributed by atoms with van der Waals surface area (Å²) in [5, 5.41) is 29.7. The van der Waals surface area contributed by atoms with Gasteiger partial charge in [0.2, 0.25) is 0 Å². The predicted molar refractivity (Wildman–Crippen MR) is 170 cm³/mol. The molecule has 11 heteroatoms. The summed E-state index contributed by atoms with van der Waals surface area (Å²) in [6.07, 6.45) is 2.31. The number of hydrogen-bond acceptors (Lipinski definition) is 8. The maximum atomic E-state index is 13.6. The van der Waals surface area contributed by atoms with Gasteiger partial charge in [-0.05, 0) is 55.0 Å². The van der Waals surface area contributed by atoms with Gasteiger partial charge in [0.15, 0.2) is 0 Å². The van der Waals surface area contributed by atoms with Gasteiger partial charge in [0, 0.05) is 24.2 Å². The van der Waals surface area contributed by atoms with Gasteiger partial charge in [-0.1, -0.05) is 53.7 Å². The largest absolute Gasteiger partial charge is 0.508 e. The third-order valence-electron chi connectivity index (χ3n) is 7.61. The Bertz CT molecular complexity index is 2320. The smallest absolute Gasteiger partial charge is 0.262 e. The van der Waals surface area contributed by atoms with E-state index in [0.717, 1.165) is 0 Å². The van der Waals surface area contributed by atoms with E-state index in [1.54, 1.807) is 88.2 Å². The molecular formula is C34H27N7O4. The van der Waals surface area contributed by atoms with Crippen molar-refractivity contribution >= 4 is 21.8 Å². The molecule has 2 N–H and O–H groups in total. The highest BCUT2D eigenvalue weighted by Crippen LogP contribution is 2.24. The maximum absolute atomic E-state index is 13.6. The van der Waals surface area contributed by atoms with Gasteiger partial charge < -0.3 is 10.2 Å². The van der Waals surface area contributed by atoms with Crippen molar-refractivity contribution in [2.24, 2.45) is 0 Å². The van der Waals surface area contributed by atoms with Crippen LogP contribution in [0.2, 0.25) is 0 Å².